The Morgan fingerprint density at radius 1 is 1.04 bits per heavy atom. The Bertz CT molecular complexity index is 828. The van der Waals surface area contributed by atoms with Crippen molar-refractivity contribution in [1.29, 1.82) is 0 Å². The van der Waals surface area contributed by atoms with Gasteiger partial charge in [-0.15, -0.1) is 12.4 Å². The minimum atomic E-state index is -0.317. The summed E-state index contributed by atoms with van der Waals surface area (Å²) in [6.07, 6.45) is 0.0320. The molecule has 1 atom stereocenters. The van der Waals surface area contributed by atoms with Crippen molar-refractivity contribution < 1.29 is 19.0 Å². The van der Waals surface area contributed by atoms with Crippen molar-refractivity contribution >= 4 is 35.6 Å². The predicted molar refractivity (Wildman–Crippen MR) is 114 cm³/mol. The number of carbonyl (C=O) groups excluding carboxylic acids is 1. The summed E-state index contributed by atoms with van der Waals surface area (Å²) in [5, 5.41) is 3.23. The van der Waals surface area contributed by atoms with Crippen LogP contribution in [0.1, 0.15) is 42.7 Å². The number of benzene rings is 2. The summed E-state index contributed by atoms with van der Waals surface area (Å²) < 4.78 is 16.4. The van der Waals surface area contributed by atoms with Gasteiger partial charge in [0.15, 0.2) is 11.5 Å². The van der Waals surface area contributed by atoms with Crippen LogP contribution in [0.15, 0.2) is 30.3 Å². The van der Waals surface area contributed by atoms with Gasteiger partial charge in [0.25, 0.3) is 5.91 Å². The summed E-state index contributed by atoms with van der Waals surface area (Å²) in [5.41, 5.74) is 7.31. The lowest BCUT2D eigenvalue weighted by molar-refractivity contribution is 0.0937. The first-order valence-electron chi connectivity index (χ1n) is 8.55. The number of rotatable bonds is 7. The van der Waals surface area contributed by atoms with Crippen molar-refractivity contribution in [2.24, 2.45) is 0 Å². The van der Waals surface area contributed by atoms with Gasteiger partial charge in [0.05, 0.1) is 42.6 Å². The minimum absolute atomic E-state index is 0. The number of ether oxygens (including phenoxy) is 3. The van der Waals surface area contributed by atoms with E-state index in [2.05, 4.69) is 5.32 Å². The third-order valence-electron chi connectivity index (χ3n) is 3.96. The highest BCUT2D eigenvalue weighted by Gasteiger charge is 2.19. The number of nitrogen functional groups attached to an aromatic ring is 1. The van der Waals surface area contributed by atoms with Crippen LogP contribution in [0.3, 0.4) is 0 Å². The highest BCUT2D eigenvalue weighted by Crippen LogP contribution is 2.32. The van der Waals surface area contributed by atoms with E-state index in [1.54, 1.807) is 7.11 Å². The molecule has 2 aromatic carbocycles. The van der Waals surface area contributed by atoms with Gasteiger partial charge in [0.2, 0.25) is 0 Å². The topological polar surface area (TPSA) is 82.8 Å². The normalized spacial score (nSPS) is 11.4. The van der Waals surface area contributed by atoms with E-state index in [0.717, 1.165) is 5.56 Å². The molecule has 2 aromatic rings. The van der Waals surface area contributed by atoms with Crippen LogP contribution in [0.4, 0.5) is 5.69 Å². The molecular formula is C20H26Cl2N2O4. The van der Waals surface area contributed by atoms with Gasteiger partial charge in [-0.2, -0.15) is 0 Å². The van der Waals surface area contributed by atoms with Crippen molar-refractivity contribution in [1.82, 2.24) is 5.32 Å². The number of halogens is 2. The molecule has 8 heteroatoms. The zero-order valence-electron chi connectivity index (χ0n) is 16.5. The minimum Gasteiger partial charge on any atom is -0.496 e. The molecule has 0 aliphatic heterocycles. The van der Waals surface area contributed by atoms with Gasteiger partial charge in [0.1, 0.15) is 5.75 Å². The van der Waals surface area contributed by atoms with Crippen LogP contribution in [0.25, 0.3) is 0 Å². The molecule has 28 heavy (non-hydrogen) atoms. The molecule has 0 spiro atoms. The molecule has 0 aromatic heterocycles. The van der Waals surface area contributed by atoms with E-state index in [1.165, 1.54) is 19.2 Å². The molecule has 3 N–H and O–H groups in total. The first kappa shape index (κ1) is 23.7. The lowest BCUT2D eigenvalue weighted by Gasteiger charge is -2.19. The molecule has 1 unspecified atom stereocenters. The second kappa shape index (κ2) is 10.3. The van der Waals surface area contributed by atoms with Gasteiger partial charge < -0.3 is 25.3 Å². The third kappa shape index (κ3) is 5.59. The zero-order valence-corrected chi connectivity index (χ0v) is 18.1. The molecule has 0 aliphatic carbocycles. The van der Waals surface area contributed by atoms with Gasteiger partial charge in [-0.3, -0.25) is 4.79 Å². The standard InChI is InChI=1S/C20H25ClN2O4.ClH/c1-11(2)27-17-7-6-13(8-19(17)26-5)12(3)23-20(24)14-9-15(21)16(22)10-18(14)25-4;/h6-12H,22H2,1-5H3,(H,23,24);1H. The van der Waals surface area contributed by atoms with E-state index in [9.17, 15) is 4.79 Å². The lowest BCUT2D eigenvalue weighted by Crippen LogP contribution is -2.27. The number of carbonyl (C=O) groups is 1. The summed E-state index contributed by atoms with van der Waals surface area (Å²) in [6.45, 7) is 5.77. The molecule has 0 fully saturated rings. The largest absolute Gasteiger partial charge is 0.496 e. The summed E-state index contributed by atoms with van der Waals surface area (Å²) in [5.74, 6) is 1.31. The van der Waals surface area contributed by atoms with Crippen molar-refractivity contribution in [3.05, 3.63) is 46.5 Å². The van der Waals surface area contributed by atoms with Crippen LogP contribution in [0.5, 0.6) is 17.2 Å². The van der Waals surface area contributed by atoms with E-state index in [-0.39, 0.29) is 30.5 Å². The van der Waals surface area contributed by atoms with E-state index in [0.29, 0.717) is 33.5 Å². The fraction of sp³-hybridized carbons (Fsp3) is 0.350. The van der Waals surface area contributed by atoms with E-state index < -0.39 is 0 Å². The Hall–Kier alpha value is -2.31. The fourth-order valence-electron chi connectivity index (χ4n) is 2.58. The molecule has 0 aliphatic rings. The van der Waals surface area contributed by atoms with Gasteiger partial charge in [-0.1, -0.05) is 17.7 Å². The Balaban J connectivity index is 0.00000392. The van der Waals surface area contributed by atoms with Crippen LogP contribution in [0, 0.1) is 0 Å². The number of methoxy groups -OCH3 is 2. The van der Waals surface area contributed by atoms with E-state index >= 15 is 0 Å². The average molecular weight is 429 g/mol. The smallest absolute Gasteiger partial charge is 0.255 e. The molecule has 0 saturated heterocycles. The maximum absolute atomic E-state index is 12.7. The quantitative estimate of drug-likeness (QED) is 0.627. The van der Waals surface area contributed by atoms with Crippen LogP contribution < -0.4 is 25.3 Å². The van der Waals surface area contributed by atoms with Crippen LogP contribution in [0.2, 0.25) is 5.02 Å². The Morgan fingerprint density at radius 2 is 1.68 bits per heavy atom. The van der Waals surface area contributed by atoms with Gasteiger partial charge >= 0.3 is 0 Å². The summed E-state index contributed by atoms with van der Waals surface area (Å²) in [7, 11) is 3.05. The van der Waals surface area contributed by atoms with Gasteiger partial charge in [-0.25, -0.2) is 0 Å². The first-order valence-corrected chi connectivity index (χ1v) is 8.93. The first-order chi connectivity index (χ1) is 12.8. The Morgan fingerprint density at radius 3 is 2.25 bits per heavy atom. The monoisotopic (exact) mass is 428 g/mol. The summed E-state index contributed by atoms with van der Waals surface area (Å²) in [6, 6.07) is 8.31. The maximum Gasteiger partial charge on any atom is 0.255 e. The summed E-state index contributed by atoms with van der Waals surface area (Å²) >= 11 is 6.05. The van der Waals surface area contributed by atoms with Crippen molar-refractivity contribution in [2.45, 2.75) is 32.9 Å². The van der Waals surface area contributed by atoms with E-state index in [4.69, 9.17) is 31.5 Å². The molecule has 0 saturated carbocycles. The SMILES string of the molecule is COc1cc(C(C)NC(=O)c2cc(Cl)c(N)cc2OC)ccc1OC(C)C.Cl. The van der Waals surface area contributed by atoms with Crippen LogP contribution in [-0.2, 0) is 0 Å². The second-order valence-corrected chi connectivity index (χ2v) is 6.75. The average Bonchev–Trinajstić information content (AvgIpc) is 2.63. The number of anilines is 1. The lowest BCUT2D eigenvalue weighted by atomic mass is 10.1. The molecule has 0 heterocycles. The number of amides is 1. The third-order valence-corrected chi connectivity index (χ3v) is 4.29. The second-order valence-electron chi connectivity index (χ2n) is 6.35. The molecule has 1 amide bonds. The Labute approximate surface area is 176 Å². The number of nitrogens with two attached hydrogens (primary N) is 1. The van der Waals surface area contributed by atoms with E-state index in [1.807, 2.05) is 39.0 Å². The van der Waals surface area contributed by atoms with Gasteiger partial charge in [-0.05, 0) is 44.5 Å². The van der Waals surface area contributed by atoms with Crippen molar-refractivity contribution in [3.63, 3.8) is 0 Å². The molecule has 0 bridgehead atoms. The molecule has 0 radical (unpaired) electrons. The molecule has 154 valence electrons. The summed E-state index contributed by atoms with van der Waals surface area (Å²) in [4.78, 5) is 12.7. The highest BCUT2D eigenvalue weighted by molar-refractivity contribution is 6.33. The molecule has 2 rings (SSSR count). The maximum atomic E-state index is 12.7. The highest BCUT2D eigenvalue weighted by atomic mass is 35.5. The van der Waals surface area contributed by atoms with Crippen molar-refractivity contribution in [2.75, 3.05) is 20.0 Å². The fourth-order valence-corrected chi connectivity index (χ4v) is 2.74. The predicted octanol–water partition coefficient (Wildman–Crippen LogP) is 4.64. The molecular weight excluding hydrogens is 403 g/mol. The van der Waals surface area contributed by atoms with Crippen LogP contribution >= 0.6 is 24.0 Å². The van der Waals surface area contributed by atoms with Crippen molar-refractivity contribution in [3.8, 4) is 17.2 Å². The zero-order chi connectivity index (χ0) is 20.1. The molecule has 6 nitrogen and oxygen atoms in total. The number of hydrogen-bond donors (Lipinski definition) is 2. The Kier molecular flexibility index (Phi) is 8.72. The van der Waals surface area contributed by atoms with Crippen LogP contribution in [-0.4, -0.2) is 26.2 Å². The van der Waals surface area contributed by atoms with Gasteiger partial charge in [0, 0.05) is 6.07 Å². The number of hydrogen-bond acceptors (Lipinski definition) is 5. The number of nitrogens with one attached hydrogen (secondary N) is 1.